The fourth-order valence-electron chi connectivity index (χ4n) is 5.59. The maximum absolute atomic E-state index is 14.4. The number of amides is 1. The number of fused-ring (bicyclic) bond motifs is 1. The number of nitrogens with one attached hydrogen (secondary N) is 2. The van der Waals surface area contributed by atoms with Gasteiger partial charge >= 0.3 is 0 Å². The van der Waals surface area contributed by atoms with Crippen molar-refractivity contribution in [1.82, 2.24) is 15.6 Å². The molecule has 1 amide bonds. The minimum Gasteiger partial charge on any atom is -0.483 e. The molecule has 1 saturated carbocycles. The molecule has 0 unspecified atom stereocenters. The van der Waals surface area contributed by atoms with Crippen molar-refractivity contribution in [3.8, 4) is 5.75 Å². The topological polar surface area (TPSA) is 86.7 Å². The average molecular weight is 545 g/mol. The predicted octanol–water partition coefficient (Wildman–Crippen LogP) is 4.46. The minimum atomic E-state index is -1.04. The number of anilines is 1. The Morgan fingerprint density at radius 3 is 2.59 bits per heavy atom. The first kappa shape index (κ1) is 29.2. The molecule has 1 aromatic carbocycles. The summed E-state index contributed by atoms with van der Waals surface area (Å²) in [6, 6.07) is 5.15. The van der Waals surface area contributed by atoms with E-state index in [1.54, 1.807) is 0 Å². The Labute approximate surface area is 230 Å². The molecular weight excluding hydrogens is 502 g/mol. The number of nitrogens with zero attached hydrogens (tertiary/aromatic N) is 2. The highest BCUT2D eigenvalue weighted by molar-refractivity contribution is 5.73. The van der Waals surface area contributed by atoms with E-state index in [2.05, 4.69) is 37.5 Å². The van der Waals surface area contributed by atoms with Gasteiger partial charge in [0.25, 0.3) is 0 Å². The van der Waals surface area contributed by atoms with Crippen molar-refractivity contribution in [2.75, 3.05) is 25.5 Å². The zero-order chi connectivity index (χ0) is 28.5. The summed E-state index contributed by atoms with van der Waals surface area (Å²) < 4.78 is 34.8. The van der Waals surface area contributed by atoms with Gasteiger partial charge in [-0.3, -0.25) is 4.79 Å². The third-order valence-electron chi connectivity index (χ3n) is 7.60. The van der Waals surface area contributed by atoms with Crippen LogP contribution < -0.4 is 20.3 Å². The molecule has 9 heteroatoms. The molecule has 1 aliphatic heterocycles. The number of hydrogen-bond donors (Lipinski definition) is 3. The Morgan fingerprint density at radius 1 is 1.28 bits per heavy atom. The molecule has 3 N–H and O–H groups in total. The van der Waals surface area contributed by atoms with Gasteiger partial charge in [-0.25, -0.2) is 13.8 Å². The molecule has 0 radical (unpaired) electrons. The fourth-order valence-corrected chi connectivity index (χ4v) is 5.59. The van der Waals surface area contributed by atoms with Crippen molar-refractivity contribution in [3.63, 3.8) is 0 Å². The molecule has 2 aliphatic rings. The molecule has 2 aromatic rings. The lowest BCUT2D eigenvalue weighted by atomic mass is 9.72. The van der Waals surface area contributed by atoms with Crippen LogP contribution in [0.2, 0.25) is 0 Å². The van der Waals surface area contributed by atoms with Crippen molar-refractivity contribution >= 4 is 11.7 Å². The summed E-state index contributed by atoms with van der Waals surface area (Å²) in [6.07, 6.45) is 3.48. The maximum Gasteiger partial charge on any atom is 0.217 e. The van der Waals surface area contributed by atoms with Crippen molar-refractivity contribution in [2.24, 2.45) is 5.41 Å². The second kappa shape index (κ2) is 11.4. The van der Waals surface area contributed by atoms with E-state index in [0.29, 0.717) is 0 Å². The van der Waals surface area contributed by atoms with Gasteiger partial charge in [0.2, 0.25) is 5.91 Å². The Kier molecular flexibility index (Phi) is 8.52. The van der Waals surface area contributed by atoms with Crippen LogP contribution in [0, 0.1) is 17.0 Å². The van der Waals surface area contributed by atoms with E-state index in [1.807, 2.05) is 19.0 Å². The molecule has 7 nitrogen and oxygen atoms in total. The highest BCUT2D eigenvalue weighted by atomic mass is 19.2. The monoisotopic (exact) mass is 544 g/mol. The maximum atomic E-state index is 14.4. The molecule has 0 bridgehead atoms. The third-order valence-corrected chi connectivity index (χ3v) is 7.60. The van der Waals surface area contributed by atoms with Crippen LogP contribution in [0.15, 0.2) is 24.3 Å². The summed E-state index contributed by atoms with van der Waals surface area (Å²) in [5.41, 5.74) is 1.86. The van der Waals surface area contributed by atoms with Crippen LogP contribution in [0.4, 0.5) is 14.6 Å². The second-order valence-corrected chi connectivity index (χ2v) is 12.6. The number of carbonyl (C=O) groups is 1. The molecule has 1 fully saturated rings. The van der Waals surface area contributed by atoms with Crippen molar-refractivity contribution in [3.05, 3.63) is 52.7 Å². The first-order valence-corrected chi connectivity index (χ1v) is 13.8. The lowest BCUT2D eigenvalue weighted by Gasteiger charge is -2.49. The van der Waals surface area contributed by atoms with E-state index in [0.717, 1.165) is 61.0 Å². The molecular formula is C30H42F2N4O3. The van der Waals surface area contributed by atoms with Crippen LogP contribution in [-0.4, -0.2) is 54.4 Å². The average Bonchev–Trinajstić information content (AvgIpc) is 2.81. The summed E-state index contributed by atoms with van der Waals surface area (Å²) in [7, 11) is 3.93. The molecule has 1 aromatic heterocycles. The van der Waals surface area contributed by atoms with E-state index < -0.39 is 23.8 Å². The smallest absolute Gasteiger partial charge is 0.217 e. The van der Waals surface area contributed by atoms with E-state index in [4.69, 9.17) is 9.72 Å². The van der Waals surface area contributed by atoms with Crippen LogP contribution in [0.25, 0.3) is 0 Å². The van der Waals surface area contributed by atoms with Crippen LogP contribution in [0.3, 0.4) is 0 Å². The standard InChI is InChI=1S/C30H42F2N4O3/c1-18(37)34-23(13-19-9-7-10-22(31)26(19)32)25(38)17-33-24-16-30(11-8-12-30)39-27-21(24)14-20(15-29(2,3)4)35-28(27)36(5)6/h7,9-10,14,23-25,33,38H,8,11-13,15-17H2,1-6H3,(H,34,37)/t23-,24-,25-/m0/s1. The summed E-state index contributed by atoms with van der Waals surface area (Å²) in [4.78, 5) is 18.9. The predicted molar refractivity (Wildman–Crippen MR) is 148 cm³/mol. The Balaban J connectivity index is 1.60. The van der Waals surface area contributed by atoms with E-state index in [1.165, 1.54) is 19.1 Å². The summed E-state index contributed by atoms with van der Waals surface area (Å²) in [5.74, 6) is -0.705. The highest BCUT2D eigenvalue weighted by Crippen LogP contribution is 2.51. The summed E-state index contributed by atoms with van der Waals surface area (Å²) in [6.45, 7) is 8.03. The largest absolute Gasteiger partial charge is 0.483 e. The number of aromatic nitrogens is 1. The molecule has 1 spiro atoms. The first-order chi connectivity index (χ1) is 18.3. The molecule has 39 heavy (non-hydrogen) atoms. The number of benzene rings is 1. The van der Waals surface area contributed by atoms with E-state index >= 15 is 0 Å². The van der Waals surface area contributed by atoms with Crippen LogP contribution >= 0.6 is 0 Å². The van der Waals surface area contributed by atoms with Crippen LogP contribution in [0.5, 0.6) is 5.75 Å². The van der Waals surface area contributed by atoms with Gasteiger partial charge in [-0.1, -0.05) is 32.9 Å². The van der Waals surface area contributed by atoms with Crippen molar-refractivity contribution in [2.45, 2.75) is 90.0 Å². The van der Waals surface area contributed by atoms with Crippen molar-refractivity contribution < 1.29 is 23.4 Å². The quantitative estimate of drug-likeness (QED) is 0.432. The van der Waals surface area contributed by atoms with Gasteiger partial charge in [-0.05, 0) is 55.2 Å². The Morgan fingerprint density at radius 2 is 2.00 bits per heavy atom. The summed E-state index contributed by atoms with van der Waals surface area (Å²) in [5, 5.41) is 17.4. The zero-order valence-corrected chi connectivity index (χ0v) is 23.9. The highest BCUT2D eigenvalue weighted by Gasteiger charge is 2.47. The number of pyridine rings is 1. The molecule has 4 rings (SSSR count). The van der Waals surface area contributed by atoms with Crippen LogP contribution in [-0.2, 0) is 17.6 Å². The van der Waals surface area contributed by atoms with Gasteiger partial charge in [0, 0.05) is 51.3 Å². The van der Waals surface area contributed by atoms with Gasteiger partial charge in [-0.2, -0.15) is 0 Å². The van der Waals surface area contributed by atoms with Crippen molar-refractivity contribution in [1.29, 1.82) is 0 Å². The number of ether oxygens (including phenoxy) is 1. The molecule has 1 aliphatic carbocycles. The lowest BCUT2D eigenvalue weighted by Crippen LogP contribution is -2.52. The summed E-state index contributed by atoms with van der Waals surface area (Å²) >= 11 is 0. The van der Waals surface area contributed by atoms with Gasteiger partial charge in [0.1, 0.15) is 5.60 Å². The number of aliphatic hydroxyl groups excluding tert-OH is 1. The first-order valence-electron chi connectivity index (χ1n) is 13.8. The number of aliphatic hydroxyl groups is 1. The Bertz CT molecular complexity index is 1190. The van der Waals surface area contributed by atoms with Gasteiger partial charge in [0.05, 0.1) is 12.1 Å². The van der Waals surface area contributed by atoms with Gasteiger partial charge in [0.15, 0.2) is 23.2 Å². The second-order valence-electron chi connectivity index (χ2n) is 12.6. The van der Waals surface area contributed by atoms with Gasteiger partial charge < -0.3 is 25.4 Å². The number of halogens is 2. The van der Waals surface area contributed by atoms with E-state index in [-0.39, 0.29) is 41.5 Å². The number of carbonyl (C=O) groups excluding carboxylic acids is 1. The zero-order valence-electron chi connectivity index (χ0n) is 23.9. The fraction of sp³-hybridized carbons (Fsp3) is 0.600. The number of hydrogen-bond acceptors (Lipinski definition) is 6. The van der Waals surface area contributed by atoms with E-state index in [9.17, 15) is 18.7 Å². The minimum absolute atomic E-state index is 0.0370. The Hall–Kier alpha value is -2.78. The molecule has 214 valence electrons. The lowest BCUT2D eigenvalue weighted by molar-refractivity contribution is -0.120. The molecule has 3 atom stereocenters. The normalized spacial score (nSPS) is 19.5. The number of rotatable bonds is 9. The molecule has 0 saturated heterocycles. The molecule has 2 heterocycles. The van der Waals surface area contributed by atoms with Crippen LogP contribution in [0.1, 0.15) is 76.2 Å². The third kappa shape index (κ3) is 6.87. The van der Waals surface area contributed by atoms with Gasteiger partial charge in [-0.15, -0.1) is 0 Å². The SMILES string of the molecule is CC(=O)N[C@@H](Cc1cccc(F)c1F)[C@@H](O)CN[C@H]1CC2(CCC2)Oc2c1cc(CC(C)(C)C)nc2N(C)C.